The Morgan fingerprint density at radius 3 is 2.45 bits per heavy atom. The van der Waals surface area contributed by atoms with Crippen LogP contribution in [0.4, 0.5) is 4.79 Å². The van der Waals surface area contributed by atoms with E-state index in [0.717, 1.165) is 17.9 Å². The van der Waals surface area contributed by atoms with Crippen molar-refractivity contribution in [2.45, 2.75) is 12.2 Å². The van der Waals surface area contributed by atoms with Gasteiger partial charge in [-0.3, -0.25) is 0 Å². The molecule has 2 heterocycles. The topological polar surface area (TPSA) is 41.1 Å². The first-order valence-corrected chi connectivity index (χ1v) is 9.40. The van der Waals surface area contributed by atoms with Crippen LogP contribution in [0.3, 0.4) is 0 Å². The van der Waals surface area contributed by atoms with Crippen molar-refractivity contribution in [3.05, 3.63) is 44.8 Å². The van der Waals surface area contributed by atoms with Gasteiger partial charge in [0, 0.05) is 34.3 Å². The predicted molar refractivity (Wildman–Crippen MR) is 89.9 cm³/mol. The number of carbonyl (C=O) groups excluding carboxylic acids is 1. The molecule has 0 saturated heterocycles. The summed E-state index contributed by atoms with van der Waals surface area (Å²) in [5.74, 6) is 1.97. The van der Waals surface area contributed by atoms with Crippen molar-refractivity contribution in [3.8, 4) is 0 Å². The molecule has 0 aliphatic carbocycles. The van der Waals surface area contributed by atoms with Gasteiger partial charge in [0.15, 0.2) is 0 Å². The third kappa shape index (κ3) is 5.98. The van der Waals surface area contributed by atoms with Crippen LogP contribution < -0.4 is 10.6 Å². The molecule has 3 nitrogen and oxygen atoms in total. The van der Waals surface area contributed by atoms with Crippen molar-refractivity contribution in [3.63, 3.8) is 0 Å². The number of thiophene rings is 2. The normalized spacial score (nSPS) is 10.4. The smallest absolute Gasteiger partial charge is 0.314 e. The number of nitrogens with one attached hydrogen (secondary N) is 2. The van der Waals surface area contributed by atoms with Crippen molar-refractivity contribution in [1.82, 2.24) is 10.6 Å². The molecule has 20 heavy (non-hydrogen) atoms. The van der Waals surface area contributed by atoms with Crippen molar-refractivity contribution in [2.24, 2.45) is 0 Å². The van der Waals surface area contributed by atoms with Gasteiger partial charge >= 0.3 is 6.03 Å². The minimum Gasteiger partial charge on any atom is -0.338 e. The zero-order chi connectivity index (χ0) is 14.0. The van der Waals surface area contributed by atoms with Gasteiger partial charge in [-0.2, -0.15) is 11.8 Å². The second-order valence-corrected chi connectivity index (χ2v) is 7.31. The van der Waals surface area contributed by atoms with E-state index in [9.17, 15) is 4.79 Å². The first kappa shape index (κ1) is 15.4. The quantitative estimate of drug-likeness (QED) is 0.728. The molecule has 0 atom stereocenters. The molecule has 0 unspecified atom stereocenters. The van der Waals surface area contributed by atoms with Crippen molar-refractivity contribution >= 4 is 40.5 Å². The molecule has 0 aliphatic rings. The molecule has 0 radical (unpaired) electrons. The van der Waals surface area contributed by atoms with Crippen LogP contribution in [0.25, 0.3) is 0 Å². The molecule has 0 aliphatic heterocycles. The summed E-state index contributed by atoms with van der Waals surface area (Å²) < 4.78 is 0. The summed E-state index contributed by atoms with van der Waals surface area (Å²) in [6.07, 6.45) is 0.901. The average molecular weight is 327 g/mol. The molecule has 0 spiro atoms. The number of hydrogen-bond acceptors (Lipinski definition) is 4. The lowest BCUT2D eigenvalue weighted by atomic mass is 10.3. The maximum atomic E-state index is 11.5. The Kier molecular flexibility index (Phi) is 6.97. The Labute approximate surface area is 131 Å². The Morgan fingerprint density at radius 2 is 1.75 bits per heavy atom. The van der Waals surface area contributed by atoms with Crippen LogP contribution in [0.2, 0.25) is 0 Å². The molecule has 2 aromatic rings. The lowest BCUT2D eigenvalue weighted by molar-refractivity contribution is 0.241. The second-order valence-electron chi connectivity index (χ2n) is 4.14. The molecule has 2 rings (SSSR count). The van der Waals surface area contributed by atoms with Gasteiger partial charge in [-0.1, -0.05) is 12.1 Å². The van der Waals surface area contributed by atoms with Gasteiger partial charge in [-0.15, -0.1) is 22.7 Å². The van der Waals surface area contributed by atoms with Gasteiger partial charge in [0.1, 0.15) is 0 Å². The fourth-order valence-electron chi connectivity index (χ4n) is 1.62. The Balaban J connectivity index is 1.45. The number of urea groups is 1. The first-order chi connectivity index (χ1) is 9.84. The van der Waals surface area contributed by atoms with Crippen LogP contribution in [0.1, 0.15) is 9.75 Å². The summed E-state index contributed by atoms with van der Waals surface area (Å²) in [6.45, 7) is 1.40. The zero-order valence-corrected chi connectivity index (χ0v) is 13.6. The van der Waals surface area contributed by atoms with E-state index < -0.39 is 0 Å². The van der Waals surface area contributed by atoms with Gasteiger partial charge in [0.05, 0.1) is 0 Å². The lowest BCUT2D eigenvalue weighted by Gasteiger charge is -2.06. The summed E-state index contributed by atoms with van der Waals surface area (Å²) >= 11 is 5.35. The maximum Gasteiger partial charge on any atom is 0.314 e. The molecule has 0 fully saturated rings. The highest BCUT2D eigenvalue weighted by molar-refractivity contribution is 7.98. The summed E-state index contributed by atoms with van der Waals surface area (Å²) in [7, 11) is 0. The molecule has 108 valence electrons. The molecule has 2 N–H and O–H groups in total. The first-order valence-electron chi connectivity index (χ1n) is 6.49. The molecular formula is C14H18N2OS3. The van der Waals surface area contributed by atoms with Crippen LogP contribution >= 0.6 is 34.4 Å². The monoisotopic (exact) mass is 326 g/mol. The third-order valence-corrected chi connectivity index (χ3v) is 5.60. The van der Waals surface area contributed by atoms with Crippen LogP contribution in [0, 0.1) is 0 Å². The average Bonchev–Trinajstić information content (AvgIpc) is 3.11. The van der Waals surface area contributed by atoms with Gasteiger partial charge in [0.2, 0.25) is 0 Å². The molecule has 6 heteroatoms. The van der Waals surface area contributed by atoms with E-state index in [-0.39, 0.29) is 6.03 Å². The van der Waals surface area contributed by atoms with E-state index in [1.807, 2.05) is 17.8 Å². The van der Waals surface area contributed by atoms with E-state index in [1.165, 1.54) is 9.75 Å². The van der Waals surface area contributed by atoms with E-state index in [0.29, 0.717) is 13.1 Å². The Morgan fingerprint density at radius 1 is 1.05 bits per heavy atom. The van der Waals surface area contributed by atoms with Gasteiger partial charge in [-0.05, 0) is 29.3 Å². The molecule has 0 aromatic carbocycles. The Hall–Kier alpha value is -0.980. The highest BCUT2D eigenvalue weighted by Gasteiger charge is 2.00. The maximum absolute atomic E-state index is 11.5. The van der Waals surface area contributed by atoms with E-state index in [1.54, 1.807) is 22.7 Å². The van der Waals surface area contributed by atoms with E-state index >= 15 is 0 Å². The fourth-order valence-corrected chi connectivity index (χ4v) is 4.03. The zero-order valence-electron chi connectivity index (χ0n) is 11.1. The fraction of sp³-hybridized carbons (Fsp3) is 0.357. The minimum atomic E-state index is -0.0710. The standard InChI is InChI=1S/C14H18N2OS3/c17-14(15-6-5-12-3-1-8-19-12)16-7-10-18-11-13-4-2-9-20-13/h1-4,8-9H,5-7,10-11H2,(H2,15,16,17). The van der Waals surface area contributed by atoms with Gasteiger partial charge < -0.3 is 10.6 Å². The summed E-state index contributed by atoms with van der Waals surface area (Å²) in [5.41, 5.74) is 0. The molecular weight excluding hydrogens is 308 g/mol. The van der Waals surface area contributed by atoms with Crippen molar-refractivity contribution in [1.29, 1.82) is 0 Å². The molecule has 0 bridgehead atoms. The Bertz CT molecular complexity index is 483. The minimum absolute atomic E-state index is 0.0710. The summed E-state index contributed by atoms with van der Waals surface area (Å²) in [6, 6.07) is 8.26. The lowest BCUT2D eigenvalue weighted by Crippen LogP contribution is -2.37. The second kappa shape index (κ2) is 9.05. The predicted octanol–water partition coefficient (Wildman–Crippen LogP) is 3.58. The third-order valence-electron chi connectivity index (χ3n) is 2.59. The van der Waals surface area contributed by atoms with Crippen LogP contribution in [0.5, 0.6) is 0 Å². The molecule has 0 saturated carbocycles. The summed E-state index contributed by atoms with van der Waals surface area (Å²) in [4.78, 5) is 14.2. The highest BCUT2D eigenvalue weighted by Crippen LogP contribution is 2.16. The number of hydrogen-bond donors (Lipinski definition) is 2. The van der Waals surface area contributed by atoms with Crippen LogP contribution in [-0.2, 0) is 12.2 Å². The molecule has 2 amide bonds. The van der Waals surface area contributed by atoms with Gasteiger partial charge in [-0.25, -0.2) is 4.79 Å². The number of amides is 2. The molecule has 2 aromatic heterocycles. The van der Waals surface area contributed by atoms with E-state index in [2.05, 4.69) is 39.6 Å². The van der Waals surface area contributed by atoms with Crippen molar-refractivity contribution in [2.75, 3.05) is 18.8 Å². The van der Waals surface area contributed by atoms with E-state index in [4.69, 9.17) is 0 Å². The van der Waals surface area contributed by atoms with Gasteiger partial charge in [0.25, 0.3) is 0 Å². The van der Waals surface area contributed by atoms with Crippen LogP contribution in [-0.4, -0.2) is 24.9 Å². The highest BCUT2D eigenvalue weighted by atomic mass is 32.2. The number of thioether (sulfide) groups is 1. The largest absolute Gasteiger partial charge is 0.338 e. The number of carbonyl (C=O) groups is 1. The number of rotatable bonds is 8. The summed E-state index contributed by atoms with van der Waals surface area (Å²) in [5, 5.41) is 9.90. The van der Waals surface area contributed by atoms with Crippen molar-refractivity contribution < 1.29 is 4.79 Å². The SMILES string of the molecule is O=C(NCCSCc1cccs1)NCCc1cccs1. The van der Waals surface area contributed by atoms with Crippen LogP contribution in [0.15, 0.2) is 35.0 Å².